The molecule has 7 N–H and O–H groups in total. The number of thioether (sulfide) groups is 1. The first kappa shape index (κ1) is 30.2. The molecule has 11 heteroatoms. The number of benzene rings is 1. The number of carbonyl (C=O) groups is 4. The van der Waals surface area contributed by atoms with Crippen molar-refractivity contribution in [3.8, 4) is 0 Å². The molecule has 2 rings (SSSR count). The maximum absolute atomic E-state index is 13.3. The molecule has 1 aromatic carbocycles. The number of rotatable bonds is 14. The van der Waals surface area contributed by atoms with Crippen molar-refractivity contribution in [2.45, 2.75) is 64.7 Å². The zero-order valence-corrected chi connectivity index (χ0v) is 22.9. The van der Waals surface area contributed by atoms with E-state index in [1.54, 1.807) is 20.0 Å². The predicted molar refractivity (Wildman–Crippen MR) is 146 cm³/mol. The number of aromatic amines is 1. The normalized spacial score (nSPS) is 14.7. The molecule has 10 nitrogen and oxygen atoms in total. The molecule has 1 heterocycles. The Bertz CT molecular complexity index is 1090. The molecule has 204 valence electrons. The summed E-state index contributed by atoms with van der Waals surface area (Å²) in [5.41, 5.74) is 7.62. The predicted octanol–water partition coefficient (Wildman–Crippen LogP) is 1.64. The first-order valence-corrected chi connectivity index (χ1v) is 13.8. The molecule has 0 bridgehead atoms. The summed E-state index contributed by atoms with van der Waals surface area (Å²) in [6, 6.07) is 3.69. The molecule has 4 unspecified atom stereocenters. The second kappa shape index (κ2) is 14.0. The van der Waals surface area contributed by atoms with Gasteiger partial charge < -0.3 is 31.8 Å². The van der Waals surface area contributed by atoms with E-state index in [1.165, 1.54) is 11.8 Å². The quantitative estimate of drug-likeness (QED) is 0.215. The molecule has 1 aromatic heterocycles. The Morgan fingerprint density at radius 2 is 1.59 bits per heavy atom. The molecule has 0 fully saturated rings. The molecule has 4 atom stereocenters. The molecule has 0 radical (unpaired) electrons. The van der Waals surface area contributed by atoms with Crippen molar-refractivity contribution >= 4 is 46.4 Å². The number of fused-ring (bicyclic) bond motifs is 1. The standard InChI is InChI=1S/C26H39N5O5S/c1-14(2)21(27)24(33)31-22(15(3)4)25(34)30-20(23(32)29-19(26(35)36)10-11-37-5)12-16-13-28-18-9-7-6-8-17(16)18/h6-9,13-15,19-22,28H,10-12,27H2,1-5H3,(H,29,32)(H,30,34)(H,31,33)(H,35,36). The Hall–Kier alpha value is -3.05. The lowest BCUT2D eigenvalue weighted by Crippen LogP contribution is -2.59. The second-order valence-corrected chi connectivity index (χ2v) is 10.8. The van der Waals surface area contributed by atoms with Gasteiger partial charge in [-0.2, -0.15) is 11.8 Å². The molecule has 3 amide bonds. The summed E-state index contributed by atoms with van der Waals surface area (Å²) in [5.74, 6) is -2.61. The third-order valence-electron chi connectivity index (χ3n) is 6.23. The van der Waals surface area contributed by atoms with Crippen molar-refractivity contribution < 1.29 is 24.3 Å². The maximum atomic E-state index is 13.3. The zero-order chi connectivity index (χ0) is 27.7. The van der Waals surface area contributed by atoms with Crippen LogP contribution in [0.4, 0.5) is 0 Å². The van der Waals surface area contributed by atoms with E-state index < -0.39 is 47.9 Å². The first-order chi connectivity index (χ1) is 17.5. The van der Waals surface area contributed by atoms with Gasteiger partial charge in [0.05, 0.1) is 6.04 Å². The topological polar surface area (TPSA) is 166 Å². The van der Waals surface area contributed by atoms with Gasteiger partial charge in [0.1, 0.15) is 18.1 Å². The fraction of sp³-hybridized carbons (Fsp3) is 0.538. The number of hydrogen-bond acceptors (Lipinski definition) is 6. The summed E-state index contributed by atoms with van der Waals surface area (Å²) in [4.78, 5) is 54.1. The zero-order valence-electron chi connectivity index (χ0n) is 22.0. The van der Waals surface area contributed by atoms with Crippen LogP contribution in [0.5, 0.6) is 0 Å². The van der Waals surface area contributed by atoms with Crippen molar-refractivity contribution in [1.29, 1.82) is 0 Å². The van der Waals surface area contributed by atoms with Crippen LogP contribution < -0.4 is 21.7 Å². The van der Waals surface area contributed by atoms with Crippen molar-refractivity contribution in [3.05, 3.63) is 36.0 Å². The number of para-hydroxylation sites is 1. The van der Waals surface area contributed by atoms with Crippen LogP contribution in [0.15, 0.2) is 30.5 Å². The number of H-pyrrole nitrogens is 1. The van der Waals surface area contributed by atoms with Crippen LogP contribution in [0, 0.1) is 11.8 Å². The smallest absolute Gasteiger partial charge is 0.326 e. The lowest BCUT2D eigenvalue weighted by Gasteiger charge is -2.27. The van der Waals surface area contributed by atoms with Gasteiger partial charge in [-0.1, -0.05) is 45.9 Å². The van der Waals surface area contributed by atoms with Crippen molar-refractivity contribution in [1.82, 2.24) is 20.9 Å². The van der Waals surface area contributed by atoms with Crippen LogP contribution in [-0.4, -0.2) is 70.0 Å². The van der Waals surface area contributed by atoms with E-state index in [0.29, 0.717) is 5.75 Å². The molecule has 0 spiro atoms. The fourth-order valence-corrected chi connectivity index (χ4v) is 4.32. The van der Waals surface area contributed by atoms with Gasteiger partial charge in [0.15, 0.2) is 0 Å². The largest absolute Gasteiger partial charge is 0.480 e. The minimum Gasteiger partial charge on any atom is -0.480 e. The van der Waals surface area contributed by atoms with Crippen LogP contribution in [0.3, 0.4) is 0 Å². The van der Waals surface area contributed by atoms with E-state index in [4.69, 9.17) is 5.73 Å². The van der Waals surface area contributed by atoms with Crippen LogP contribution >= 0.6 is 11.8 Å². The first-order valence-electron chi connectivity index (χ1n) is 12.4. The highest BCUT2D eigenvalue weighted by Crippen LogP contribution is 2.19. The lowest BCUT2D eigenvalue weighted by atomic mass is 9.99. The highest BCUT2D eigenvalue weighted by atomic mass is 32.2. The average molecular weight is 534 g/mol. The monoisotopic (exact) mass is 533 g/mol. The van der Waals surface area contributed by atoms with Crippen LogP contribution in [0.1, 0.15) is 39.7 Å². The molecular weight excluding hydrogens is 494 g/mol. The molecule has 0 saturated carbocycles. The Morgan fingerprint density at radius 3 is 2.19 bits per heavy atom. The number of carbonyl (C=O) groups excluding carboxylic acids is 3. The maximum Gasteiger partial charge on any atom is 0.326 e. The second-order valence-electron chi connectivity index (χ2n) is 9.81. The number of amides is 3. The van der Waals surface area contributed by atoms with Gasteiger partial charge in [0.2, 0.25) is 17.7 Å². The van der Waals surface area contributed by atoms with E-state index in [9.17, 15) is 24.3 Å². The Balaban J connectivity index is 2.31. The molecule has 0 saturated heterocycles. The molecule has 37 heavy (non-hydrogen) atoms. The summed E-state index contributed by atoms with van der Waals surface area (Å²) < 4.78 is 0. The Kier molecular flexibility index (Phi) is 11.4. The van der Waals surface area contributed by atoms with E-state index in [-0.39, 0.29) is 24.7 Å². The molecule has 0 aliphatic carbocycles. The number of carboxylic acids is 1. The van der Waals surface area contributed by atoms with E-state index in [0.717, 1.165) is 16.5 Å². The summed E-state index contributed by atoms with van der Waals surface area (Å²) in [5, 5.41) is 18.5. The lowest BCUT2D eigenvalue weighted by molar-refractivity contribution is -0.142. The van der Waals surface area contributed by atoms with Gasteiger partial charge in [-0.25, -0.2) is 4.79 Å². The number of aromatic nitrogens is 1. The van der Waals surface area contributed by atoms with Crippen LogP contribution in [-0.2, 0) is 25.6 Å². The van der Waals surface area contributed by atoms with E-state index in [1.807, 2.05) is 44.4 Å². The van der Waals surface area contributed by atoms with Crippen molar-refractivity contribution in [3.63, 3.8) is 0 Å². The highest BCUT2D eigenvalue weighted by molar-refractivity contribution is 7.98. The molecule has 0 aliphatic rings. The van der Waals surface area contributed by atoms with Gasteiger partial charge >= 0.3 is 5.97 Å². The number of aliphatic carboxylic acids is 1. The fourth-order valence-electron chi connectivity index (χ4n) is 3.84. The average Bonchev–Trinajstić information content (AvgIpc) is 3.26. The third-order valence-corrected chi connectivity index (χ3v) is 6.87. The summed E-state index contributed by atoms with van der Waals surface area (Å²) >= 11 is 1.48. The van der Waals surface area contributed by atoms with Gasteiger partial charge in [0, 0.05) is 23.5 Å². The number of nitrogens with two attached hydrogens (primary N) is 1. The van der Waals surface area contributed by atoms with Crippen LogP contribution in [0.2, 0.25) is 0 Å². The number of carboxylic acid groups (broad SMARTS) is 1. The van der Waals surface area contributed by atoms with Gasteiger partial charge in [0.25, 0.3) is 0 Å². The third kappa shape index (κ3) is 8.50. The van der Waals surface area contributed by atoms with Crippen molar-refractivity contribution in [2.24, 2.45) is 17.6 Å². The Morgan fingerprint density at radius 1 is 0.946 bits per heavy atom. The molecule has 2 aromatic rings. The van der Waals surface area contributed by atoms with Gasteiger partial charge in [-0.3, -0.25) is 14.4 Å². The van der Waals surface area contributed by atoms with Crippen molar-refractivity contribution in [2.75, 3.05) is 12.0 Å². The van der Waals surface area contributed by atoms with Crippen LogP contribution in [0.25, 0.3) is 10.9 Å². The van der Waals surface area contributed by atoms with E-state index >= 15 is 0 Å². The summed E-state index contributed by atoms with van der Waals surface area (Å²) in [6.07, 6.45) is 3.99. The SMILES string of the molecule is CSCCC(NC(=O)C(Cc1c[nH]c2ccccc12)NC(=O)C(NC(=O)C(N)C(C)C)C(C)C)C(=O)O. The van der Waals surface area contributed by atoms with Gasteiger partial charge in [-0.05, 0) is 41.9 Å². The number of nitrogens with one attached hydrogen (secondary N) is 4. The summed E-state index contributed by atoms with van der Waals surface area (Å²) in [7, 11) is 0. The van der Waals surface area contributed by atoms with E-state index in [2.05, 4.69) is 20.9 Å². The minimum absolute atomic E-state index is 0.120. The molecular formula is C26H39N5O5S. The Labute approximate surface area is 221 Å². The summed E-state index contributed by atoms with van der Waals surface area (Å²) in [6.45, 7) is 7.18. The minimum atomic E-state index is -1.14. The number of hydrogen-bond donors (Lipinski definition) is 6. The highest BCUT2D eigenvalue weighted by Gasteiger charge is 2.32. The molecule has 0 aliphatic heterocycles. The van der Waals surface area contributed by atoms with Gasteiger partial charge in [-0.15, -0.1) is 0 Å².